The Labute approximate surface area is 271 Å². The fraction of sp³-hybridized carbons (Fsp3) is 0.0698. The normalized spacial score (nSPS) is 13.5. The third-order valence-corrected chi connectivity index (χ3v) is 10.0. The van der Waals surface area contributed by atoms with E-state index < -0.39 is 0 Å². The first-order valence-corrected chi connectivity index (χ1v) is 16.0. The first kappa shape index (κ1) is 26.2. The van der Waals surface area contributed by atoms with E-state index in [1.807, 2.05) is 18.2 Å². The predicted molar refractivity (Wildman–Crippen MR) is 190 cm³/mol. The van der Waals surface area contributed by atoms with E-state index in [1.54, 1.807) is 6.33 Å². The van der Waals surface area contributed by atoms with Gasteiger partial charge in [0.1, 0.15) is 34.3 Å². The summed E-state index contributed by atoms with van der Waals surface area (Å²) in [5.74, 6) is 0. The van der Waals surface area contributed by atoms with Gasteiger partial charge in [0, 0.05) is 32.7 Å². The van der Waals surface area contributed by atoms with Crippen LogP contribution in [0.5, 0.6) is 0 Å². The third kappa shape index (κ3) is 3.76. The summed E-state index contributed by atoms with van der Waals surface area (Å²) in [7, 11) is 0. The summed E-state index contributed by atoms with van der Waals surface area (Å²) in [6.07, 6.45) is 1.64. The first-order chi connectivity index (χ1) is 23.0. The lowest BCUT2D eigenvalue weighted by Gasteiger charge is -2.22. The molecule has 222 valence electrons. The minimum absolute atomic E-state index is 0.0546. The van der Waals surface area contributed by atoms with Crippen molar-refractivity contribution < 1.29 is 8.83 Å². The summed E-state index contributed by atoms with van der Waals surface area (Å²) in [5.41, 5.74) is 15.5. The molecule has 0 saturated carbocycles. The van der Waals surface area contributed by atoms with Crippen molar-refractivity contribution in [3.05, 3.63) is 145 Å². The Balaban J connectivity index is 1.08. The molecule has 0 radical (unpaired) electrons. The van der Waals surface area contributed by atoms with Crippen LogP contribution in [0, 0.1) is 0 Å². The average molecular weight is 605 g/mol. The summed E-state index contributed by atoms with van der Waals surface area (Å²) >= 11 is 0. The minimum atomic E-state index is -0.0546. The van der Waals surface area contributed by atoms with Crippen LogP contribution in [0.4, 0.5) is 0 Å². The van der Waals surface area contributed by atoms with Gasteiger partial charge in [-0.05, 0) is 69.3 Å². The van der Waals surface area contributed by atoms with Gasteiger partial charge in [0.25, 0.3) is 0 Å². The zero-order chi connectivity index (χ0) is 31.3. The zero-order valence-electron chi connectivity index (χ0n) is 25.9. The molecule has 0 saturated heterocycles. The van der Waals surface area contributed by atoms with Crippen LogP contribution in [-0.4, -0.2) is 9.97 Å². The molecule has 0 spiro atoms. The number of hydrogen-bond acceptors (Lipinski definition) is 4. The van der Waals surface area contributed by atoms with Gasteiger partial charge < -0.3 is 8.83 Å². The SMILES string of the molecule is CC1(C)c2ccccc2-c2ccc(-c3ccc4oc5c(-c6cccc(-c7cccc8c7oc7ccccc78)c6)ncnc5c4c3)cc21. The molecule has 4 heteroatoms. The molecule has 10 rings (SSSR count). The number of hydrogen-bond donors (Lipinski definition) is 0. The lowest BCUT2D eigenvalue weighted by molar-refractivity contribution is 0.660. The highest BCUT2D eigenvalue weighted by Gasteiger charge is 2.35. The number of rotatable bonds is 3. The van der Waals surface area contributed by atoms with E-state index in [4.69, 9.17) is 18.8 Å². The van der Waals surface area contributed by atoms with E-state index in [2.05, 4.69) is 123 Å². The van der Waals surface area contributed by atoms with Gasteiger partial charge >= 0.3 is 0 Å². The third-order valence-electron chi connectivity index (χ3n) is 10.0. The van der Waals surface area contributed by atoms with Gasteiger partial charge in [-0.1, -0.05) is 111 Å². The quantitative estimate of drug-likeness (QED) is 0.201. The molecule has 0 unspecified atom stereocenters. The van der Waals surface area contributed by atoms with Crippen LogP contribution >= 0.6 is 0 Å². The molecular weight excluding hydrogens is 576 g/mol. The Morgan fingerprint density at radius 1 is 0.468 bits per heavy atom. The minimum Gasteiger partial charge on any atom is -0.455 e. The van der Waals surface area contributed by atoms with Crippen molar-refractivity contribution >= 4 is 44.0 Å². The maximum atomic E-state index is 6.49. The summed E-state index contributed by atoms with van der Waals surface area (Å²) in [5, 5.41) is 3.21. The highest BCUT2D eigenvalue weighted by molar-refractivity contribution is 6.10. The van der Waals surface area contributed by atoms with Crippen molar-refractivity contribution in [1.29, 1.82) is 0 Å². The van der Waals surface area contributed by atoms with Crippen molar-refractivity contribution in [2.45, 2.75) is 19.3 Å². The van der Waals surface area contributed by atoms with Crippen LogP contribution in [0.1, 0.15) is 25.0 Å². The molecule has 0 N–H and O–H groups in total. The molecule has 0 bridgehead atoms. The number of aromatic nitrogens is 2. The standard InChI is InChI=1S/C43H28N2O2/c1-43(2)35-15-5-3-11-30(35)31-19-17-26(23-36(31)43)25-18-20-38-34(22-25)40-42(47-38)39(44-24-45-40)28-10-7-9-27(21-28)29-13-8-14-33-32-12-4-6-16-37(32)46-41(29)33/h3-24H,1-2H3. The number of benzene rings is 6. The average Bonchev–Trinajstić information content (AvgIpc) is 3.76. The zero-order valence-corrected chi connectivity index (χ0v) is 25.9. The molecule has 1 aliphatic carbocycles. The van der Waals surface area contributed by atoms with E-state index in [-0.39, 0.29) is 5.41 Å². The molecule has 0 aliphatic heterocycles. The van der Waals surface area contributed by atoms with Gasteiger partial charge in [0.05, 0.1) is 0 Å². The van der Waals surface area contributed by atoms with Crippen LogP contribution in [0.3, 0.4) is 0 Å². The van der Waals surface area contributed by atoms with Gasteiger partial charge in [-0.25, -0.2) is 9.97 Å². The Morgan fingerprint density at radius 2 is 1.17 bits per heavy atom. The van der Waals surface area contributed by atoms with Crippen molar-refractivity contribution in [2.24, 2.45) is 0 Å². The fourth-order valence-electron chi connectivity index (χ4n) is 7.65. The van der Waals surface area contributed by atoms with Gasteiger partial charge in [0.2, 0.25) is 0 Å². The molecule has 0 atom stereocenters. The van der Waals surface area contributed by atoms with Crippen LogP contribution in [0.15, 0.2) is 143 Å². The molecule has 9 aromatic rings. The van der Waals surface area contributed by atoms with E-state index in [0.29, 0.717) is 5.58 Å². The maximum Gasteiger partial charge on any atom is 0.180 e. The Kier molecular flexibility index (Phi) is 5.31. The van der Waals surface area contributed by atoms with Gasteiger partial charge in [0.15, 0.2) is 5.58 Å². The molecule has 4 nitrogen and oxygen atoms in total. The maximum absolute atomic E-state index is 6.49. The van der Waals surface area contributed by atoms with Crippen molar-refractivity contribution in [1.82, 2.24) is 9.97 Å². The second kappa shape index (κ2) is 9.51. The molecule has 6 aromatic carbocycles. The van der Waals surface area contributed by atoms with Crippen molar-refractivity contribution in [3.8, 4) is 44.6 Å². The van der Waals surface area contributed by atoms with Crippen LogP contribution in [0.25, 0.3) is 88.6 Å². The lowest BCUT2D eigenvalue weighted by atomic mass is 9.81. The summed E-state index contributed by atoms with van der Waals surface area (Å²) in [6.45, 7) is 4.64. The second-order valence-corrected chi connectivity index (χ2v) is 13.0. The van der Waals surface area contributed by atoms with Crippen LogP contribution in [-0.2, 0) is 5.41 Å². The fourth-order valence-corrected chi connectivity index (χ4v) is 7.65. The Bertz CT molecular complexity index is 2730. The second-order valence-electron chi connectivity index (χ2n) is 13.0. The predicted octanol–water partition coefficient (Wildman–Crippen LogP) is 11.6. The Hall–Kier alpha value is -6.00. The topological polar surface area (TPSA) is 52.1 Å². The van der Waals surface area contributed by atoms with Crippen LogP contribution < -0.4 is 0 Å². The highest BCUT2D eigenvalue weighted by atomic mass is 16.3. The largest absolute Gasteiger partial charge is 0.455 e. The van der Waals surface area contributed by atoms with Crippen molar-refractivity contribution in [2.75, 3.05) is 0 Å². The van der Waals surface area contributed by atoms with E-state index >= 15 is 0 Å². The monoisotopic (exact) mass is 604 g/mol. The van der Waals surface area contributed by atoms with Gasteiger partial charge in [-0.3, -0.25) is 0 Å². The number of fused-ring (bicyclic) bond motifs is 9. The number of para-hydroxylation sites is 2. The molecule has 1 aliphatic rings. The van der Waals surface area contributed by atoms with Gasteiger partial charge in [-0.2, -0.15) is 0 Å². The van der Waals surface area contributed by atoms with E-state index in [0.717, 1.165) is 66.4 Å². The molecule has 47 heavy (non-hydrogen) atoms. The molecular formula is C43H28N2O2. The highest BCUT2D eigenvalue weighted by Crippen LogP contribution is 2.49. The van der Waals surface area contributed by atoms with Crippen LogP contribution in [0.2, 0.25) is 0 Å². The number of furan rings is 2. The van der Waals surface area contributed by atoms with E-state index in [1.165, 1.54) is 27.8 Å². The molecule has 0 fully saturated rings. The molecule has 3 heterocycles. The molecule has 0 amide bonds. The smallest absolute Gasteiger partial charge is 0.180 e. The number of nitrogens with zero attached hydrogens (tertiary/aromatic N) is 2. The van der Waals surface area contributed by atoms with E-state index in [9.17, 15) is 0 Å². The van der Waals surface area contributed by atoms with Gasteiger partial charge in [-0.15, -0.1) is 0 Å². The summed E-state index contributed by atoms with van der Waals surface area (Å²) in [4.78, 5) is 9.46. The summed E-state index contributed by atoms with van der Waals surface area (Å²) in [6, 6.07) is 44.9. The molecule has 3 aromatic heterocycles. The lowest BCUT2D eigenvalue weighted by Crippen LogP contribution is -2.14. The first-order valence-electron chi connectivity index (χ1n) is 16.0. The van der Waals surface area contributed by atoms with Crippen molar-refractivity contribution in [3.63, 3.8) is 0 Å². The summed E-state index contributed by atoms with van der Waals surface area (Å²) < 4.78 is 12.8. The Morgan fingerprint density at radius 3 is 2.13 bits per heavy atom.